The summed E-state index contributed by atoms with van der Waals surface area (Å²) in [5.74, 6) is -2.03. The number of rotatable bonds is 43. The predicted octanol–water partition coefficient (Wildman–Crippen LogP) is 11.5. The molecular weight excluding hydrogens is 849 g/mol. The highest BCUT2D eigenvalue weighted by Gasteiger charge is 2.46. The molecule has 0 saturated carbocycles. The first-order chi connectivity index (χ1) is 31.5. The number of aliphatic hydroxyl groups is 3. The zero-order valence-electron chi connectivity index (χ0n) is 40.6. The molecule has 1 saturated heterocycles. The Balaban J connectivity index is 2.36. The quantitative estimate of drug-likeness (QED) is 0.0196. The molecule has 4 N–H and O–H groups in total. The second-order valence-corrected chi connectivity index (χ2v) is 19.3. The molecule has 0 aliphatic carbocycles. The number of unbranched alkanes of at least 4 members (excludes halogenated alkanes) is 23. The van der Waals surface area contributed by atoms with E-state index in [-0.39, 0.29) is 19.4 Å². The Morgan fingerprint density at radius 1 is 0.538 bits per heavy atom. The van der Waals surface area contributed by atoms with Crippen LogP contribution in [0.3, 0.4) is 0 Å². The SMILES string of the molecule is CC/C=C/C/C=C/C/C=C/C/C=C/CCCCC(=O)O[C@H](COC(=O)CCCCCCCCCCCCCCCCCCCCCCCC)CO[C@H]1O[C@H](CS(=O)(=O)O)[C@@H](O)C(O)C1O. The Morgan fingerprint density at radius 3 is 1.45 bits per heavy atom. The summed E-state index contributed by atoms with van der Waals surface area (Å²) in [7, 11) is -4.61. The lowest BCUT2D eigenvalue weighted by Gasteiger charge is -2.40. The second kappa shape index (κ2) is 41.8. The third-order valence-electron chi connectivity index (χ3n) is 11.7. The van der Waals surface area contributed by atoms with Crippen molar-refractivity contribution in [2.24, 2.45) is 0 Å². The first-order valence-corrected chi connectivity index (χ1v) is 27.3. The highest BCUT2D eigenvalue weighted by Crippen LogP contribution is 2.24. The van der Waals surface area contributed by atoms with Gasteiger partial charge >= 0.3 is 11.9 Å². The molecule has 13 heteroatoms. The Hall–Kier alpha value is -2.39. The van der Waals surface area contributed by atoms with Crippen LogP contribution in [0.5, 0.6) is 0 Å². The molecule has 6 atom stereocenters. The second-order valence-electron chi connectivity index (χ2n) is 17.8. The van der Waals surface area contributed by atoms with Gasteiger partial charge in [-0.25, -0.2) is 0 Å². The maximum atomic E-state index is 12.8. The average Bonchev–Trinajstić information content (AvgIpc) is 3.27. The summed E-state index contributed by atoms with van der Waals surface area (Å²) in [6, 6.07) is 0. The average molecular weight is 941 g/mol. The van der Waals surface area contributed by atoms with Gasteiger partial charge in [0.25, 0.3) is 10.1 Å². The molecule has 0 aromatic rings. The molecule has 0 bridgehead atoms. The summed E-state index contributed by atoms with van der Waals surface area (Å²) in [5.41, 5.74) is 0. The Labute approximate surface area is 394 Å². The van der Waals surface area contributed by atoms with Gasteiger partial charge in [0.2, 0.25) is 0 Å². The van der Waals surface area contributed by atoms with Crippen molar-refractivity contribution in [3.63, 3.8) is 0 Å². The van der Waals surface area contributed by atoms with Gasteiger partial charge in [0.15, 0.2) is 12.4 Å². The van der Waals surface area contributed by atoms with E-state index in [1.54, 1.807) is 0 Å². The third kappa shape index (κ3) is 36.3. The summed E-state index contributed by atoms with van der Waals surface area (Å²) in [5, 5.41) is 30.9. The summed E-state index contributed by atoms with van der Waals surface area (Å²) < 4.78 is 54.2. The summed E-state index contributed by atoms with van der Waals surface area (Å²) >= 11 is 0. The van der Waals surface area contributed by atoms with E-state index in [1.807, 2.05) is 0 Å². The van der Waals surface area contributed by atoms with Crippen LogP contribution in [0.1, 0.15) is 213 Å². The molecule has 2 unspecified atom stereocenters. The first kappa shape index (κ1) is 60.6. The van der Waals surface area contributed by atoms with E-state index in [9.17, 15) is 37.9 Å². The van der Waals surface area contributed by atoms with Gasteiger partial charge in [0.1, 0.15) is 36.8 Å². The van der Waals surface area contributed by atoms with Crippen molar-refractivity contribution in [1.82, 2.24) is 0 Å². The van der Waals surface area contributed by atoms with Crippen LogP contribution in [0.4, 0.5) is 0 Å². The van der Waals surface area contributed by atoms with Crippen molar-refractivity contribution in [3.05, 3.63) is 48.6 Å². The van der Waals surface area contributed by atoms with Crippen molar-refractivity contribution in [2.75, 3.05) is 19.0 Å². The van der Waals surface area contributed by atoms with Gasteiger partial charge < -0.3 is 34.3 Å². The Kier molecular flexibility index (Phi) is 39.0. The molecule has 0 aromatic carbocycles. The van der Waals surface area contributed by atoms with E-state index < -0.39 is 71.2 Å². The number of hydrogen-bond acceptors (Lipinski definition) is 11. The first-order valence-electron chi connectivity index (χ1n) is 25.7. The van der Waals surface area contributed by atoms with Gasteiger partial charge in [-0.15, -0.1) is 0 Å². The fraction of sp³-hybridized carbons (Fsp3) is 0.808. The minimum Gasteiger partial charge on any atom is -0.462 e. The van der Waals surface area contributed by atoms with Crippen molar-refractivity contribution in [3.8, 4) is 0 Å². The molecule has 1 aliphatic rings. The lowest BCUT2D eigenvalue weighted by atomic mass is 10.00. The largest absolute Gasteiger partial charge is 0.462 e. The molecular formula is C52H92O12S. The molecule has 0 radical (unpaired) electrons. The number of ether oxygens (including phenoxy) is 4. The summed E-state index contributed by atoms with van der Waals surface area (Å²) in [6.45, 7) is 3.64. The van der Waals surface area contributed by atoms with Gasteiger partial charge in [0, 0.05) is 12.8 Å². The molecule has 378 valence electrons. The zero-order chi connectivity index (χ0) is 47.6. The molecule has 0 spiro atoms. The van der Waals surface area contributed by atoms with Crippen LogP contribution in [0.2, 0.25) is 0 Å². The molecule has 0 aromatic heterocycles. The standard InChI is InChI=1S/C52H92O12S/c1-3-5-7-9-11-13-15-17-19-20-21-22-23-24-25-27-28-30-32-34-36-38-40-47(53)61-42-45(43-62-52-51(57)50(56)49(55)46(64-52)44-65(58,59)60)63-48(54)41-39-37-35-33-31-29-26-18-16-14-12-10-8-6-4-2/h6,8,12,14,18,26,31,33,45-46,49-52,55-57H,3-5,7,9-11,13,15-17,19-25,27-30,32,34-44H2,1-2H3,(H,58,59,60)/b8-6+,14-12+,26-18+,33-31+/t45-,46-,49-,50?,51?,52+/m1/s1. The zero-order valence-corrected chi connectivity index (χ0v) is 41.4. The van der Waals surface area contributed by atoms with E-state index in [0.29, 0.717) is 12.8 Å². The van der Waals surface area contributed by atoms with Gasteiger partial charge in [-0.2, -0.15) is 8.42 Å². The van der Waals surface area contributed by atoms with E-state index in [1.165, 1.54) is 116 Å². The number of carbonyl (C=O) groups excluding carboxylic acids is 2. The summed E-state index contributed by atoms with van der Waals surface area (Å²) in [4.78, 5) is 25.5. The lowest BCUT2D eigenvalue weighted by Crippen LogP contribution is -2.60. The smallest absolute Gasteiger partial charge is 0.306 e. The highest BCUT2D eigenvalue weighted by atomic mass is 32.2. The molecule has 1 aliphatic heterocycles. The fourth-order valence-electron chi connectivity index (χ4n) is 7.73. The number of hydrogen-bond donors (Lipinski definition) is 4. The van der Waals surface area contributed by atoms with Gasteiger partial charge in [0.05, 0.1) is 6.61 Å². The van der Waals surface area contributed by atoms with Crippen molar-refractivity contribution in [1.29, 1.82) is 0 Å². The normalized spacial score (nSPS) is 19.9. The van der Waals surface area contributed by atoms with Crippen molar-refractivity contribution >= 4 is 22.1 Å². The maximum Gasteiger partial charge on any atom is 0.306 e. The maximum absolute atomic E-state index is 12.8. The molecule has 0 amide bonds. The van der Waals surface area contributed by atoms with E-state index in [0.717, 1.165) is 57.8 Å². The van der Waals surface area contributed by atoms with Crippen LogP contribution in [0.25, 0.3) is 0 Å². The highest BCUT2D eigenvalue weighted by molar-refractivity contribution is 7.85. The van der Waals surface area contributed by atoms with E-state index >= 15 is 0 Å². The van der Waals surface area contributed by atoms with Crippen LogP contribution in [-0.2, 0) is 38.7 Å². The minimum absolute atomic E-state index is 0.112. The number of aliphatic hydroxyl groups excluding tert-OH is 3. The van der Waals surface area contributed by atoms with Crippen LogP contribution in [-0.4, -0.2) is 96.0 Å². The van der Waals surface area contributed by atoms with Crippen LogP contribution in [0.15, 0.2) is 48.6 Å². The van der Waals surface area contributed by atoms with E-state index in [4.69, 9.17) is 18.9 Å². The molecule has 12 nitrogen and oxygen atoms in total. The van der Waals surface area contributed by atoms with Crippen molar-refractivity contribution < 1.29 is 56.8 Å². The predicted molar refractivity (Wildman–Crippen MR) is 261 cm³/mol. The van der Waals surface area contributed by atoms with Crippen LogP contribution >= 0.6 is 0 Å². The number of esters is 2. The fourth-order valence-corrected chi connectivity index (χ4v) is 8.42. The van der Waals surface area contributed by atoms with Crippen LogP contribution in [0, 0.1) is 0 Å². The minimum atomic E-state index is -4.61. The van der Waals surface area contributed by atoms with Gasteiger partial charge in [-0.3, -0.25) is 14.1 Å². The lowest BCUT2D eigenvalue weighted by molar-refractivity contribution is -0.297. The third-order valence-corrected chi connectivity index (χ3v) is 12.4. The molecule has 65 heavy (non-hydrogen) atoms. The van der Waals surface area contributed by atoms with E-state index in [2.05, 4.69) is 62.5 Å². The number of carbonyl (C=O) groups is 2. The topological polar surface area (TPSA) is 186 Å². The van der Waals surface area contributed by atoms with Gasteiger partial charge in [-0.1, -0.05) is 197 Å². The number of allylic oxidation sites excluding steroid dienone is 8. The molecule has 1 heterocycles. The Morgan fingerprint density at radius 2 is 0.969 bits per heavy atom. The molecule has 1 fully saturated rings. The monoisotopic (exact) mass is 941 g/mol. The molecule has 1 rings (SSSR count). The summed E-state index contributed by atoms with van der Waals surface area (Å²) in [6.07, 6.45) is 41.7. The van der Waals surface area contributed by atoms with Crippen molar-refractivity contribution in [2.45, 2.75) is 250 Å². The Bertz CT molecular complexity index is 1380. The van der Waals surface area contributed by atoms with Gasteiger partial charge in [-0.05, 0) is 51.4 Å². The van der Waals surface area contributed by atoms with Crippen LogP contribution < -0.4 is 0 Å².